The maximum Gasteiger partial charge on any atom is 0.288 e. The van der Waals surface area contributed by atoms with Crippen LogP contribution in [0.15, 0.2) is 24.3 Å². The van der Waals surface area contributed by atoms with E-state index < -0.39 is 31.1 Å². The van der Waals surface area contributed by atoms with Crippen molar-refractivity contribution in [1.29, 1.82) is 0 Å². The molecule has 0 saturated carbocycles. The van der Waals surface area contributed by atoms with Crippen molar-refractivity contribution < 1.29 is 23.4 Å². The van der Waals surface area contributed by atoms with E-state index in [0.717, 1.165) is 4.90 Å². The number of alkyl halides is 2. The van der Waals surface area contributed by atoms with Gasteiger partial charge in [-0.1, -0.05) is 23.7 Å². The van der Waals surface area contributed by atoms with Crippen LogP contribution in [0.5, 0.6) is 0 Å². The molecule has 0 spiro atoms. The molecular formula is C14H16ClF2NO3. The van der Waals surface area contributed by atoms with Gasteiger partial charge in [0.2, 0.25) is 5.91 Å². The Hall–Kier alpha value is -1.24. The number of aliphatic hydroxyl groups is 1. The lowest BCUT2D eigenvalue weighted by Crippen LogP contribution is -2.41. The van der Waals surface area contributed by atoms with Gasteiger partial charge in [-0.05, 0) is 17.7 Å². The van der Waals surface area contributed by atoms with Crippen molar-refractivity contribution in [2.24, 2.45) is 0 Å². The van der Waals surface area contributed by atoms with Gasteiger partial charge in [0.1, 0.15) is 6.61 Å². The van der Waals surface area contributed by atoms with Crippen molar-refractivity contribution in [2.75, 3.05) is 26.3 Å². The summed E-state index contributed by atoms with van der Waals surface area (Å²) < 4.78 is 31.5. The van der Waals surface area contributed by atoms with Gasteiger partial charge in [-0.3, -0.25) is 4.79 Å². The minimum atomic E-state index is -3.06. The first-order valence-electron chi connectivity index (χ1n) is 6.54. The highest BCUT2D eigenvalue weighted by Gasteiger charge is 2.36. The van der Waals surface area contributed by atoms with E-state index in [0.29, 0.717) is 10.6 Å². The van der Waals surface area contributed by atoms with Crippen LogP contribution in [0.1, 0.15) is 18.1 Å². The van der Waals surface area contributed by atoms with Gasteiger partial charge < -0.3 is 14.7 Å². The summed E-state index contributed by atoms with van der Waals surface area (Å²) in [7, 11) is 0. The number of carbonyl (C=O) groups is 1. The summed E-state index contributed by atoms with van der Waals surface area (Å²) in [6.07, 6.45) is -1.30. The zero-order chi connectivity index (χ0) is 15.5. The van der Waals surface area contributed by atoms with E-state index in [1.165, 1.54) is 0 Å². The topological polar surface area (TPSA) is 49.8 Å². The smallest absolute Gasteiger partial charge is 0.288 e. The summed E-state index contributed by atoms with van der Waals surface area (Å²) in [5.41, 5.74) is 0.519. The number of rotatable bonds is 3. The average molecular weight is 320 g/mol. The van der Waals surface area contributed by atoms with Crippen molar-refractivity contribution in [1.82, 2.24) is 4.90 Å². The molecule has 1 fully saturated rings. The maximum atomic E-state index is 13.4. The lowest BCUT2D eigenvalue weighted by molar-refractivity contribution is -0.138. The Labute approximate surface area is 126 Å². The number of amides is 1. The number of ether oxygens (including phenoxy) is 1. The third-order valence-corrected chi connectivity index (χ3v) is 3.47. The Morgan fingerprint density at radius 1 is 1.43 bits per heavy atom. The summed E-state index contributed by atoms with van der Waals surface area (Å²) in [6.45, 7) is -1.20. The Balaban J connectivity index is 1.98. The fourth-order valence-corrected chi connectivity index (χ4v) is 2.24. The average Bonchev–Trinajstić information content (AvgIpc) is 2.60. The van der Waals surface area contributed by atoms with Crippen LogP contribution in [0.4, 0.5) is 8.78 Å². The normalized spacial score (nSPS) is 19.9. The second kappa shape index (κ2) is 6.68. The second-order valence-corrected chi connectivity index (χ2v) is 5.43. The first-order chi connectivity index (χ1) is 9.87. The Bertz CT molecular complexity index is 495. The van der Waals surface area contributed by atoms with Crippen molar-refractivity contribution in [3.63, 3.8) is 0 Å². The standard InChI is InChI=1S/C14H16ClF2NO3/c15-11-3-1-10(2-4-11)12(19)7-13(20)18-5-6-21-9-14(16,17)8-18/h1-4,12,19H,5-9H2. The van der Waals surface area contributed by atoms with Crippen LogP contribution in [-0.4, -0.2) is 48.1 Å². The molecule has 1 aliphatic rings. The molecule has 0 radical (unpaired) electrons. The van der Waals surface area contributed by atoms with E-state index in [1.54, 1.807) is 24.3 Å². The maximum absolute atomic E-state index is 13.4. The zero-order valence-corrected chi connectivity index (χ0v) is 12.0. The lowest BCUT2D eigenvalue weighted by atomic mass is 10.1. The van der Waals surface area contributed by atoms with Gasteiger partial charge in [-0.15, -0.1) is 0 Å². The fraction of sp³-hybridized carbons (Fsp3) is 0.500. The summed E-state index contributed by atoms with van der Waals surface area (Å²) in [5.74, 6) is -3.58. The molecule has 1 heterocycles. The van der Waals surface area contributed by atoms with Crippen LogP contribution >= 0.6 is 11.6 Å². The van der Waals surface area contributed by atoms with Crippen LogP contribution in [0.2, 0.25) is 5.02 Å². The second-order valence-electron chi connectivity index (χ2n) is 5.00. The predicted octanol–water partition coefficient (Wildman–Crippen LogP) is 2.26. The molecule has 7 heteroatoms. The quantitative estimate of drug-likeness (QED) is 0.929. The molecule has 1 unspecified atom stereocenters. The highest BCUT2D eigenvalue weighted by Crippen LogP contribution is 2.23. The molecule has 1 aromatic carbocycles. The van der Waals surface area contributed by atoms with Crippen molar-refractivity contribution in [3.05, 3.63) is 34.9 Å². The number of benzene rings is 1. The Morgan fingerprint density at radius 3 is 2.76 bits per heavy atom. The van der Waals surface area contributed by atoms with Crippen molar-refractivity contribution >= 4 is 17.5 Å². The van der Waals surface area contributed by atoms with E-state index in [-0.39, 0.29) is 19.6 Å². The van der Waals surface area contributed by atoms with Crippen LogP contribution < -0.4 is 0 Å². The van der Waals surface area contributed by atoms with Crippen LogP contribution in [0.25, 0.3) is 0 Å². The predicted molar refractivity (Wildman–Crippen MR) is 73.4 cm³/mol. The minimum Gasteiger partial charge on any atom is -0.388 e. The molecule has 21 heavy (non-hydrogen) atoms. The van der Waals surface area contributed by atoms with Gasteiger partial charge in [0.25, 0.3) is 5.92 Å². The number of hydrogen-bond donors (Lipinski definition) is 1. The van der Waals surface area contributed by atoms with Crippen LogP contribution in [0, 0.1) is 0 Å². The monoisotopic (exact) mass is 319 g/mol. The molecule has 0 aromatic heterocycles. The number of aliphatic hydroxyl groups excluding tert-OH is 1. The fourth-order valence-electron chi connectivity index (χ4n) is 2.11. The van der Waals surface area contributed by atoms with Gasteiger partial charge in [-0.25, -0.2) is 8.78 Å². The summed E-state index contributed by atoms with van der Waals surface area (Å²) in [6, 6.07) is 6.39. The minimum absolute atomic E-state index is 0.0678. The van der Waals surface area contributed by atoms with Gasteiger partial charge in [0.05, 0.1) is 25.7 Å². The van der Waals surface area contributed by atoms with Crippen molar-refractivity contribution in [3.8, 4) is 0 Å². The number of nitrogens with zero attached hydrogens (tertiary/aromatic N) is 1. The molecule has 2 rings (SSSR count). The largest absolute Gasteiger partial charge is 0.388 e. The van der Waals surface area contributed by atoms with Gasteiger partial charge in [0, 0.05) is 11.6 Å². The number of hydrogen-bond acceptors (Lipinski definition) is 3. The first kappa shape index (κ1) is 16.1. The number of halogens is 3. The molecule has 4 nitrogen and oxygen atoms in total. The summed E-state index contributed by atoms with van der Waals surface area (Å²) in [5, 5.41) is 10.5. The van der Waals surface area contributed by atoms with Crippen molar-refractivity contribution in [2.45, 2.75) is 18.4 Å². The third kappa shape index (κ3) is 4.62. The molecule has 1 atom stereocenters. The van der Waals surface area contributed by atoms with Gasteiger partial charge >= 0.3 is 0 Å². The molecular weight excluding hydrogens is 304 g/mol. The van der Waals surface area contributed by atoms with E-state index in [2.05, 4.69) is 0 Å². The molecule has 1 saturated heterocycles. The summed E-state index contributed by atoms with van der Waals surface area (Å²) in [4.78, 5) is 13.1. The Morgan fingerprint density at radius 2 is 2.10 bits per heavy atom. The van der Waals surface area contributed by atoms with Gasteiger partial charge in [-0.2, -0.15) is 0 Å². The highest BCUT2D eigenvalue weighted by atomic mass is 35.5. The van der Waals surface area contributed by atoms with Crippen LogP contribution in [-0.2, 0) is 9.53 Å². The molecule has 116 valence electrons. The van der Waals surface area contributed by atoms with Crippen LogP contribution in [0.3, 0.4) is 0 Å². The molecule has 1 aromatic rings. The molecule has 1 amide bonds. The Kier molecular flexibility index (Phi) is 5.13. The van der Waals surface area contributed by atoms with E-state index >= 15 is 0 Å². The summed E-state index contributed by atoms with van der Waals surface area (Å²) >= 11 is 5.74. The zero-order valence-electron chi connectivity index (χ0n) is 11.3. The molecule has 0 aliphatic carbocycles. The van der Waals surface area contributed by atoms with E-state index in [4.69, 9.17) is 16.3 Å². The molecule has 1 aliphatic heterocycles. The first-order valence-corrected chi connectivity index (χ1v) is 6.92. The number of carbonyl (C=O) groups excluding carboxylic acids is 1. The lowest BCUT2D eigenvalue weighted by Gasteiger charge is -2.24. The molecule has 1 N–H and O–H groups in total. The van der Waals surface area contributed by atoms with Gasteiger partial charge in [0.15, 0.2) is 0 Å². The van der Waals surface area contributed by atoms with E-state index in [9.17, 15) is 18.7 Å². The highest BCUT2D eigenvalue weighted by molar-refractivity contribution is 6.30. The van der Waals surface area contributed by atoms with E-state index in [1.807, 2.05) is 0 Å². The SMILES string of the molecule is O=C(CC(O)c1ccc(Cl)cc1)N1CCOCC(F)(F)C1. The molecule has 0 bridgehead atoms. The third-order valence-electron chi connectivity index (χ3n) is 3.22.